The van der Waals surface area contributed by atoms with Crippen LogP contribution in [0.2, 0.25) is 0 Å². The van der Waals surface area contributed by atoms with E-state index in [0.717, 1.165) is 0 Å². The Morgan fingerprint density at radius 3 is 2.26 bits per heavy atom. The molecule has 10 heteroatoms. The molecule has 0 saturated carbocycles. The molecule has 0 fully saturated rings. The molecular weight excluding hydrogens is 406 g/mol. The Morgan fingerprint density at radius 2 is 1.58 bits per heavy atom. The number of esters is 1. The standard InChI is InChI=1S/C21H21N3O7/c1-14(25)15-5-2-6-16(11-15)23-20(27)13-31-21(28)10-4-9-19(26)22-17-7-3-8-18(12-17)24(29)30/h2-3,5-8,11-12H,4,9-10,13H2,1H3,(H,22,26)(H,23,27). The first-order chi connectivity index (χ1) is 14.7. The van der Waals surface area contributed by atoms with Crippen molar-refractivity contribution >= 4 is 40.6 Å². The molecule has 2 aromatic rings. The van der Waals surface area contributed by atoms with Crippen LogP contribution in [0.5, 0.6) is 0 Å². The van der Waals surface area contributed by atoms with Crippen LogP contribution in [0.3, 0.4) is 0 Å². The molecule has 0 bridgehead atoms. The van der Waals surface area contributed by atoms with Gasteiger partial charge in [0.25, 0.3) is 11.6 Å². The molecule has 0 atom stereocenters. The normalized spacial score (nSPS) is 10.1. The zero-order chi connectivity index (χ0) is 22.8. The van der Waals surface area contributed by atoms with Gasteiger partial charge in [-0.05, 0) is 31.5 Å². The molecular formula is C21H21N3O7. The van der Waals surface area contributed by atoms with Gasteiger partial charge in [0.15, 0.2) is 12.4 Å². The van der Waals surface area contributed by atoms with Crippen LogP contribution in [0.25, 0.3) is 0 Å². The molecule has 0 unspecified atom stereocenters. The van der Waals surface area contributed by atoms with Crippen molar-refractivity contribution in [3.05, 3.63) is 64.2 Å². The van der Waals surface area contributed by atoms with Gasteiger partial charge >= 0.3 is 5.97 Å². The van der Waals surface area contributed by atoms with Crippen molar-refractivity contribution < 1.29 is 28.8 Å². The molecule has 162 valence electrons. The van der Waals surface area contributed by atoms with Gasteiger partial charge in [-0.15, -0.1) is 0 Å². The van der Waals surface area contributed by atoms with Crippen LogP contribution in [-0.4, -0.2) is 35.1 Å². The van der Waals surface area contributed by atoms with E-state index in [-0.39, 0.29) is 36.4 Å². The maximum absolute atomic E-state index is 11.9. The first kappa shape index (κ1) is 23.2. The predicted molar refractivity (Wildman–Crippen MR) is 112 cm³/mol. The van der Waals surface area contributed by atoms with E-state index >= 15 is 0 Å². The summed E-state index contributed by atoms with van der Waals surface area (Å²) in [6.07, 6.45) is 0.110. The summed E-state index contributed by atoms with van der Waals surface area (Å²) in [7, 11) is 0. The van der Waals surface area contributed by atoms with E-state index < -0.39 is 29.3 Å². The Labute approximate surface area is 177 Å². The maximum Gasteiger partial charge on any atom is 0.306 e. The number of ether oxygens (including phenoxy) is 1. The number of Topliss-reactive ketones (excluding diaryl/α,β-unsaturated/α-hetero) is 1. The Kier molecular flexibility index (Phi) is 8.38. The number of hydrogen-bond donors (Lipinski definition) is 2. The van der Waals surface area contributed by atoms with Gasteiger partial charge in [-0.25, -0.2) is 0 Å². The van der Waals surface area contributed by atoms with Gasteiger partial charge in [0.2, 0.25) is 5.91 Å². The van der Waals surface area contributed by atoms with Crippen LogP contribution in [0.15, 0.2) is 48.5 Å². The Balaban J connectivity index is 1.68. The topological polar surface area (TPSA) is 145 Å². The molecule has 0 saturated heterocycles. The van der Waals surface area contributed by atoms with Crippen LogP contribution >= 0.6 is 0 Å². The molecule has 0 aliphatic carbocycles. The Morgan fingerprint density at radius 1 is 0.935 bits per heavy atom. The minimum atomic E-state index is -0.643. The monoisotopic (exact) mass is 427 g/mol. The molecule has 2 amide bonds. The first-order valence-electron chi connectivity index (χ1n) is 9.35. The fourth-order valence-electron chi connectivity index (χ4n) is 2.55. The maximum atomic E-state index is 11.9. The summed E-state index contributed by atoms with van der Waals surface area (Å²) in [6, 6.07) is 11.9. The first-order valence-corrected chi connectivity index (χ1v) is 9.35. The Bertz CT molecular complexity index is 1000. The predicted octanol–water partition coefficient (Wildman–Crippen LogP) is 3.09. The third-order valence-electron chi connectivity index (χ3n) is 4.04. The van der Waals surface area contributed by atoms with Gasteiger partial charge in [0, 0.05) is 41.9 Å². The van der Waals surface area contributed by atoms with E-state index in [1.165, 1.54) is 37.3 Å². The quantitative estimate of drug-likeness (QED) is 0.256. The van der Waals surface area contributed by atoms with E-state index in [2.05, 4.69) is 10.6 Å². The van der Waals surface area contributed by atoms with Crippen LogP contribution in [0.4, 0.5) is 17.1 Å². The minimum Gasteiger partial charge on any atom is -0.456 e. The fourth-order valence-corrected chi connectivity index (χ4v) is 2.55. The van der Waals surface area contributed by atoms with Crippen LogP contribution in [0.1, 0.15) is 36.5 Å². The molecule has 10 nitrogen and oxygen atoms in total. The molecule has 0 heterocycles. The Hall–Kier alpha value is -4.08. The van der Waals surface area contributed by atoms with Crippen LogP contribution in [0, 0.1) is 10.1 Å². The van der Waals surface area contributed by atoms with Gasteiger partial charge in [-0.3, -0.25) is 29.3 Å². The highest BCUT2D eigenvalue weighted by molar-refractivity contribution is 5.97. The summed E-state index contributed by atoms with van der Waals surface area (Å²) >= 11 is 0. The average Bonchev–Trinajstić information content (AvgIpc) is 2.72. The molecule has 0 aliphatic rings. The molecule has 2 rings (SSSR count). The van der Waals surface area contributed by atoms with Gasteiger partial charge in [0.1, 0.15) is 0 Å². The molecule has 2 aromatic carbocycles. The number of anilines is 2. The van der Waals surface area contributed by atoms with Crippen molar-refractivity contribution in [3.8, 4) is 0 Å². The summed E-state index contributed by atoms with van der Waals surface area (Å²) in [5.41, 5.74) is 0.990. The summed E-state index contributed by atoms with van der Waals surface area (Å²) in [5, 5.41) is 15.8. The second kappa shape index (κ2) is 11.2. The number of nitro groups is 1. The van der Waals surface area contributed by atoms with E-state index in [1.54, 1.807) is 18.2 Å². The summed E-state index contributed by atoms with van der Waals surface area (Å²) in [6.45, 7) is 0.912. The third-order valence-corrected chi connectivity index (χ3v) is 4.04. The minimum absolute atomic E-state index is 0.00181. The number of benzene rings is 2. The third kappa shape index (κ3) is 8.05. The lowest BCUT2D eigenvalue weighted by molar-refractivity contribution is -0.384. The number of amides is 2. The number of carbonyl (C=O) groups excluding carboxylic acids is 4. The summed E-state index contributed by atoms with van der Waals surface area (Å²) in [4.78, 5) is 57.0. The number of ketones is 1. The van der Waals surface area contributed by atoms with Crippen molar-refractivity contribution in [1.29, 1.82) is 0 Å². The molecule has 0 aliphatic heterocycles. The van der Waals surface area contributed by atoms with E-state index in [0.29, 0.717) is 11.3 Å². The number of hydrogen-bond acceptors (Lipinski definition) is 7. The lowest BCUT2D eigenvalue weighted by atomic mass is 10.1. The molecule has 0 aromatic heterocycles. The van der Waals surface area contributed by atoms with Crippen molar-refractivity contribution in [2.45, 2.75) is 26.2 Å². The number of carbonyl (C=O) groups is 4. The number of non-ortho nitro benzene ring substituents is 1. The molecule has 31 heavy (non-hydrogen) atoms. The SMILES string of the molecule is CC(=O)c1cccc(NC(=O)COC(=O)CCCC(=O)Nc2cccc([N+](=O)[O-])c2)c1. The zero-order valence-electron chi connectivity index (χ0n) is 16.8. The molecule has 0 radical (unpaired) electrons. The van der Waals surface area contributed by atoms with E-state index in [1.807, 2.05) is 0 Å². The molecule has 0 spiro atoms. The summed E-state index contributed by atoms with van der Waals surface area (Å²) in [5.74, 6) is -1.75. The highest BCUT2D eigenvalue weighted by atomic mass is 16.6. The van der Waals surface area contributed by atoms with Crippen molar-refractivity contribution in [2.24, 2.45) is 0 Å². The van der Waals surface area contributed by atoms with Crippen molar-refractivity contribution in [1.82, 2.24) is 0 Å². The fraction of sp³-hybridized carbons (Fsp3) is 0.238. The van der Waals surface area contributed by atoms with Crippen molar-refractivity contribution in [3.63, 3.8) is 0 Å². The average molecular weight is 427 g/mol. The smallest absolute Gasteiger partial charge is 0.306 e. The lowest BCUT2D eigenvalue weighted by Gasteiger charge is -2.08. The summed E-state index contributed by atoms with van der Waals surface area (Å²) < 4.78 is 4.87. The number of nitrogens with zero attached hydrogens (tertiary/aromatic N) is 1. The number of nitro benzene ring substituents is 1. The van der Waals surface area contributed by atoms with Crippen LogP contribution < -0.4 is 10.6 Å². The largest absolute Gasteiger partial charge is 0.456 e. The highest BCUT2D eigenvalue weighted by Gasteiger charge is 2.11. The van der Waals surface area contributed by atoms with Crippen molar-refractivity contribution in [2.75, 3.05) is 17.2 Å². The number of nitrogens with one attached hydrogen (secondary N) is 2. The highest BCUT2D eigenvalue weighted by Crippen LogP contribution is 2.17. The van der Waals surface area contributed by atoms with Gasteiger partial charge < -0.3 is 15.4 Å². The van der Waals surface area contributed by atoms with E-state index in [9.17, 15) is 29.3 Å². The van der Waals surface area contributed by atoms with E-state index in [4.69, 9.17) is 4.74 Å². The number of rotatable bonds is 10. The molecule has 2 N–H and O–H groups in total. The van der Waals surface area contributed by atoms with Crippen LogP contribution in [-0.2, 0) is 19.1 Å². The lowest BCUT2D eigenvalue weighted by Crippen LogP contribution is -2.21. The van der Waals surface area contributed by atoms with Gasteiger partial charge in [-0.2, -0.15) is 0 Å². The second-order valence-corrected chi connectivity index (χ2v) is 6.56. The zero-order valence-corrected chi connectivity index (χ0v) is 16.8. The second-order valence-electron chi connectivity index (χ2n) is 6.56. The van der Waals surface area contributed by atoms with Gasteiger partial charge in [0.05, 0.1) is 4.92 Å². The van der Waals surface area contributed by atoms with Gasteiger partial charge in [-0.1, -0.05) is 18.2 Å².